The van der Waals surface area contributed by atoms with E-state index >= 15 is 0 Å². The number of benzene rings is 2. The van der Waals surface area contributed by atoms with E-state index in [0.717, 1.165) is 0 Å². The zero-order chi connectivity index (χ0) is 19.1. The van der Waals surface area contributed by atoms with Gasteiger partial charge in [0.2, 0.25) is 0 Å². The Kier molecular flexibility index (Phi) is 6.35. The second-order valence-corrected chi connectivity index (χ2v) is 5.46. The third-order valence-electron chi connectivity index (χ3n) is 3.56. The molecule has 1 heterocycles. The molecule has 1 aromatic rings. The summed E-state index contributed by atoms with van der Waals surface area (Å²) in [6, 6.07) is 9.20. The Balaban J connectivity index is 1.63. The Labute approximate surface area is 155 Å². The van der Waals surface area contributed by atoms with Gasteiger partial charge in [0.15, 0.2) is 22.5 Å². The topological polar surface area (TPSA) is 97.1 Å². The molecule has 1 aliphatic carbocycles. The van der Waals surface area contributed by atoms with E-state index in [0.29, 0.717) is 42.4 Å². The maximum atomic E-state index is 11.9. The van der Waals surface area contributed by atoms with Gasteiger partial charge in [0.1, 0.15) is 17.8 Å². The predicted octanol–water partition coefficient (Wildman–Crippen LogP) is 2.86. The molecule has 27 heavy (non-hydrogen) atoms. The Morgan fingerprint density at radius 2 is 1.89 bits per heavy atom. The van der Waals surface area contributed by atoms with Crippen molar-refractivity contribution in [2.45, 2.75) is 6.92 Å². The first-order chi connectivity index (χ1) is 13.2. The van der Waals surface area contributed by atoms with Gasteiger partial charge in [-0.05, 0) is 31.2 Å². The normalized spacial score (nSPS) is 11.0. The molecule has 0 radical (unpaired) electrons. The van der Waals surface area contributed by atoms with Gasteiger partial charge in [-0.25, -0.2) is 9.78 Å². The van der Waals surface area contributed by atoms with Crippen molar-refractivity contribution in [1.29, 1.82) is 0 Å². The monoisotopic (exact) mass is 373 g/mol. The van der Waals surface area contributed by atoms with Gasteiger partial charge in [0.05, 0.1) is 19.8 Å². The summed E-state index contributed by atoms with van der Waals surface area (Å²) >= 11 is 0. The predicted molar refractivity (Wildman–Crippen MR) is 96.2 cm³/mol. The van der Waals surface area contributed by atoms with Crippen LogP contribution < -0.4 is 10.2 Å². The Hall–Kier alpha value is -2.97. The fraction of sp³-hybridized carbons (Fsp3) is 0.316. The van der Waals surface area contributed by atoms with Crippen molar-refractivity contribution in [3.63, 3.8) is 0 Å². The minimum absolute atomic E-state index is 0.0583. The number of carbonyl (C=O) groups is 1. The molecule has 3 rings (SSSR count). The number of ether oxygens (including phenoxy) is 4. The van der Waals surface area contributed by atoms with Gasteiger partial charge < -0.3 is 23.4 Å². The molecule has 0 bridgehead atoms. The van der Waals surface area contributed by atoms with Crippen LogP contribution in [0.5, 0.6) is 5.75 Å². The second kappa shape index (κ2) is 9.11. The Bertz CT molecular complexity index is 937. The maximum absolute atomic E-state index is 11.9. The minimum atomic E-state index is -0.868. The highest BCUT2D eigenvalue weighted by molar-refractivity contribution is 5.84. The van der Waals surface area contributed by atoms with Crippen molar-refractivity contribution < 1.29 is 28.2 Å². The molecule has 0 amide bonds. The van der Waals surface area contributed by atoms with Crippen LogP contribution in [0.15, 0.2) is 45.6 Å². The summed E-state index contributed by atoms with van der Waals surface area (Å²) in [6.45, 7) is 3.76. The maximum Gasteiger partial charge on any atom is 0.514 e. The van der Waals surface area contributed by atoms with Crippen LogP contribution in [0.4, 0.5) is 4.79 Å². The highest BCUT2D eigenvalue weighted by Gasteiger charge is 2.15. The summed E-state index contributed by atoms with van der Waals surface area (Å²) in [4.78, 5) is 27.7. The van der Waals surface area contributed by atoms with Gasteiger partial charge in [-0.15, -0.1) is 0 Å². The van der Waals surface area contributed by atoms with Crippen LogP contribution >= 0.6 is 0 Å². The van der Waals surface area contributed by atoms with Crippen LogP contribution in [-0.4, -0.2) is 44.2 Å². The molecule has 142 valence electrons. The molecule has 1 aromatic carbocycles. The fourth-order valence-electron chi connectivity index (χ4n) is 2.35. The zero-order valence-corrected chi connectivity index (χ0v) is 14.8. The smallest absolute Gasteiger partial charge is 0.453 e. The third kappa shape index (κ3) is 5.02. The lowest BCUT2D eigenvalue weighted by atomic mass is 10.2. The van der Waals surface area contributed by atoms with Crippen LogP contribution in [-0.2, 0) is 14.2 Å². The van der Waals surface area contributed by atoms with Crippen molar-refractivity contribution in [2.75, 3.05) is 33.0 Å². The molecule has 0 aromatic heterocycles. The zero-order valence-electron chi connectivity index (χ0n) is 14.8. The van der Waals surface area contributed by atoms with Gasteiger partial charge in [0, 0.05) is 12.7 Å². The van der Waals surface area contributed by atoms with E-state index in [9.17, 15) is 9.59 Å². The molecule has 0 saturated carbocycles. The van der Waals surface area contributed by atoms with E-state index in [-0.39, 0.29) is 24.4 Å². The standard InChI is InChI=1S/C19H19NO7/c1-2-23-8-9-24-10-11-25-19(22)27-16-5-3-4-15-18(16)20-14-7-6-13(21)12-17(14)26-15/h3-7,12H,2,8-11H2,1H3. The number of rotatable bonds is 8. The van der Waals surface area contributed by atoms with Crippen LogP contribution in [0.25, 0.3) is 22.6 Å². The number of hydrogen-bond acceptors (Lipinski definition) is 8. The van der Waals surface area contributed by atoms with E-state index in [1.165, 1.54) is 12.1 Å². The van der Waals surface area contributed by atoms with E-state index in [2.05, 4.69) is 4.98 Å². The molecular formula is C19H19NO7. The fourth-order valence-corrected chi connectivity index (χ4v) is 2.35. The number of aromatic nitrogens is 1. The molecular weight excluding hydrogens is 354 g/mol. The SMILES string of the molecule is CCOCCOCCOC(=O)Oc1cccc2oc3cc(=O)ccc-3nc12. The van der Waals surface area contributed by atoms with Crippen molar-refractivity contribution in [1.82, 2.24) is 4.98 Å². The molecule has 8 heteroatoms. The second-order valence-electron chi connectivity index (χ2n) is 5.46. The van der Waals surface area contributed by atoms with Gasteiger partial charge in [-0.1, -0.05) is 6.07 Å². The lowest BCUT2D eigenvalue weighted by molar-refractivity contribution is 0.0233. The summed E-state index contributed by atoms with van der Waals surface area (Å²) in [5.74, 6) is 0.561. The van der Waals surface area contributed by atoms with Gasteiger partial charge in [-0.3, -0.25) is 4.79 Å². The van der Waals surface area contributed by atoms with Crippen molar-refractivity contribution in [2.24, 2.45) is 0 Å². The minimum Gasteiger partial charge on any atom is -0.453 e. The third-order valence-corrected chi connectivity index (χ3v) is 3.56. The van der Waals surface area contributed by atoms with Crippen LogP contribution in [0.1, 0.15) is 6.92 Å². The average molecular weight is 373 g/mol. The highest BCUT2D eigenvalue weighted by Crippen LogP contribution is 2.29. The number of carbonyl (C=O) groups excluding carboxylic acids is 1. The quantitative estimate of drug-likeness (QED) is 0.257. The van der Waals surface area contributed by atoms with Crippen LogP contribution in [0.2, 0.25) is 0 Å². The number of para-hydroxylation sites is 1. The van der Waals surface area contributed by atoms with Crippen molar-refractivity contribution >= 4 is 17.3 Å². The summed E-state index contributed by atoms with van der Waals surface area (Å²) in [5, 5.41) is 0. The van der Waals surface area contributed by atoms with Gasteiger partial charge >= 0.3 is 6.16 Å². The molecule has 0 atom stereocenters. The van der Waals surface area contributed by atoms with Gasteiger partial charge in [-0.2, -0.15) is 0 Å². The molecule has 0 fully saturated rings. The Morgan fingerprint density at radius 3 is 2.74 bits per heavy atom. The van der Waals surface area contributed by atoms with E-state index in [1.54, 1.807) is 24.3 Å². The number of fused-ring (bicyclic) bond motifs is 2. The van der Waals surface area contributed by atoms with E-state index in [1.807, 2.05) is 6.92 Å². The average Bonchev–Trinajstić information content (AvgIpc) is 2.66. The summed E-state index contributed by atoms with van der Waals surface area (Å²) in [6.07, 6.45) is -0.868. The first-order valence-corrected chi connectivity index (χ1v) is 8.51. The molecule has 8 nitrogen and oxygen atoms in total. The van der Waals surface area contributed by atoms with Crippen LogP contribution in [0.3, 0.4) is 0 Å². The van der Waals surface area contributed by atoms with Crippen molar-refractivity contribution in [3.05, 3.63) is 46.6 Å². The van der Waals surface area contributed by atoms with Crippen molar-refractivity contribution in [3.8, 4) is 17.2 Å². The number of hydrogen-bond donors (Lipinski definition) is 0. The van der Waals surface area contributed by atoms with Gasteiger partial charge in [0.25, 0.3) is 0 Å². The summed E-state index contributed by atoms with van der Waals surface area (Å²) in [7, 11) is 0. The van der Waals surface area contributed by atoms with E-state index < -0.39 is 6.16 Å². The molecule has 0 unspecified atom stereocenters. The molecule has 0 saturated heterocycles. The first-order valence-electron chi connectivity index (χ1n) is 8.51. The first kappa shape index (κ1) is 18.8. The lowest BCUT2D eigenvalue weighted by Gasteiger charge is -2.10. The van der Waals surface area contributed by atoms with E-state index in [4.69, 9.17) is 23.4 Å². The highest BCUT2D eigenvalue weighted by atomic mass is 16.7. The lowest BCUT2D eigenvalue weighted by Crippen LogP contribution is -2.16. The summed E-state index contributed by atoms with van der Waals surface area (Å²) < 4.78 is 26.2. The molecule has 0 N–H and O–H groups in total. The Morgan fingerprint density at radius 1 is 1.07 bits per heavy atom. The molecule has 0 spiro atoms. The largest absolute Gasteiger partial charge is 0.514 e. The molecule has 2 aliphatic rings. The van der Waals surface area contributed by atoms with Crippen LogP contribution in [0, 0.1) is 0 Å². The molecule has 1 aliphatic heterocycles. The summed E-state index contributed by atoms with van der Waals surface area (Å²) in [5.41, 5.74) is 1.05. The number of nitrogens with zero attached hydrogens (tertiary/aromatic N) is 1.